The van der Waals surface area contributed by atoms with Crippen molar-refractivity contribution in [3.63, 3.8) is 0 Å². The monoisotopic (exact) mass is 407 g/mol. The van der Waals surface area contributed by atoms with Gasteiger partial charge in [-0.15, -0.1) is 0 Å². The van der Waals surface area contributed by atoms with E-state index in [9.17, 15) is 9.59 Å². The Labute approximate surface area is 177 Å². The maximum atomic E-state index is 12.5. The number of carbonyl (C=O) groups excluding carboxylic acids is 2. The molecule has 0 aliphatic carbocycles. The summed E-state index contributed by atoms with van der Waals surface area (Å²) in [4.78, 5) is 38.4. The molecule has 0 saturated carbocycles. The van der Waals surface area contributed by atoms with Crippen molar-refractivity contribution in [1.29, 1.82) is 0 Å². The van der Waals surface area contributed by atoms with Crippen LogP contribution in [0.2, 0.25) is 0 Å². The maximum absolute atomic E-state index is 12.5. The summed E-state index contributed by atoms with van der Waals surface area (Å²) in [5, 5.41) is 2.88. The third-order valence-corrected chi connectivity index (χ3v) is 6.04. The standard InChI is InChI=1S/C23H29N5O2/c1-17-20(23(30)26-19-7-3-2-4-8-19)15-24-22(25-17)18-9-13-28(14-10-18)21(29)16-27-11-5-6-12-27/h2-4,7-8,15,18H,5-6,9-14,16H2,1H3,(H,26,30). The molecule has 0 bridgehead atoms. The number of para-hydroxylation sites is 1. The molecule has 7 nitrogen and oxygen atoms in total. The summed E-state index contributed by atoms with van der Waals surface area (Å²) in [6, 6.07) is 9.36. The molecule has 2 aliphatic rings. The van der Waals surface area contributed by atoms with Gasteiger partial charge in [-0.2, -0.15) is 0 Å². The van der Waals surface area contributed by atoms with Crippen LogP contribution in [0.3, 0.4) is 0 Å². The topological polar surface area (TPSA) is 78.4 Å². The van der Waals surface area contributed by atoms with Gasteiger partial charge in [0.2, 0.25) is 5.91 Å². The average Bonchev–Trinajstić information content (AvgIpc) is 3.27. The molecule has 1 aromatic carbocycles. The highest BCUT2D eigenvalue weighted by atomic mass is 16.2. The molecule has 0 radical (unpaired) electrons. The molecule has 2 amide bonds. The molecule has 30 heavy (non-hydrogen) atoms. The second kappa shape index (κ2) is 9.34. The average molecular weight is 408 g/mol. The number of aryl methyl sites for hydroxylation is 1. The first-order valence-corrected chi connectivity index (χ1v) is 10.8. The van der Waals surface area contributed by atoms with Gasteiger partial charge in [-0.25, -0.2) is 9.97 Å². The van der Waals surface area contributed by atoms with Crippen molar-refractivity contribution in [2.75, 3.05) is 38.0 Å². The van der Waals surface area contributed by atoms with E-state index in [4.69, 9.17) is 0 Å². The van der Waals surface area contributed by atoms with Gasteiger partial charge in [-0.1, -0.05) is 18.2 Å². The third kappa shape index (κ3) is 4.84. The van der Waals surface area contributed by atoms with Crippen molar-refractivity contribution >= 4 is 17.5 Å². The van der Waals surface area contributed by atoms with Gasteiger partial charge in [0, 0.05) is 30.9 Å². The lowest BCUT2D eigenvalue weighted by atomic mass is 9.95. The number of piperidine rings is 1. The van der Waals surface area contributed by atoms with Gasteiger partial charge < -0.3 is 10.2 Å². The van der Waals surface area contributed by atoms with Crippen LogP contribution >= 0.6 is 0 Å². The second-order valence-corrected chi connectivity index (χ2v) is 8.19. The Hall–Kier alpha value is -2.80. The van der Waals surface area contributed by atoms with Crippen molar-refractivity contribution in [2.45, 2.75) is 38.5 Å². The van der Waals surface area contributed by atoms with E-state index in [1.165, 1.54) is 12.8 Å². The van der Waals surface area contributed by atoms with E-state index < -0.39 is 0 Å². The molecule has 2 fully saturated rings. The largest absolute Gasteiger partial charge is 0.342 e. The lowest BCUT2D eigenvalue weighted by Crippen LogP contribution is -2.43. The Morgan fingerprint density at radius 1 is 1.07 bits per heavy atom. The zero-order valence-electron chi connectivity index (χ0n) is 17.5. The maximum Gasteiger partial charge on any atom is 0.259 e. The van der Waals surface area contributed by atoms with Crippen LogP contribution in [0.25, 0.3) is 0 Å². The minimum atomic E-state index is -0.201. The van der Waals surface area contributed by atoms with Crippen LogP contribution in [0.15, 0.2) is 36.5 Å². The van der Waals surface area contributed by atoms with Gasteiger partial charge in [-0.3, -0.25) is 14.5 Å². The Morgan fingerprint density at radius 3 is 2.43 bits per heavy atom. The number of aromatic nitrogens is 2. The molecule has 1 N–H and O–H groups in total. The van der Waals surface area contributed by atoms with Gasteiger partial charge in [0.1, 0.15) is 5.82 Å². The number of amides is 2. The molecule has 0 unspecified atom stereocenters. The molecule has 158 valence electrons. The molecule has 3 heterocycles. The van der Waals surface area contributed by atoms with Crippen molar-refractivity contribution in [3.05, 3.63) is 53.6 Å². The molecule has 0 atom stereocenters. The highest BCUT2D eigenvalue weighted by molar-refractivity contribution is 6.04. The smallest absolute Gasteiger partial charge is 0.259 e. The second-order valence-electron chi connectivity index (χ2n) is 8.19. The van der Waals surface area contributed by atoms with Gasteiger partial charge in [0.25, 0.3) is 5.91 Å². The fraction of sp³-hybridized carbons (Fsp3) is 0.478. The van der Waals surface area contributed by atoms with Crippen LogP contribution < -0.4 is 5.32 Å². The number of carbonyl (C=O) groups is 2. The predicted octanol–water partition coefficient (Wildman–Crippen LogP) is 2.84. The molecule has 2 aliphatic heterocycles. The first-order chi connectivity index (χ1) is 14.6. The van der Waals surface area contributed by atoms with E-state index in [1.54, 1.807) is 6.20 Å². The Kier molecular flexibility index (Phi) is 6.38. The normalized spacial score (nSPS) is 17.8. The molecule has 4 rings (SSSR count). The number of hydrogen-bond acceptors (Lipinski definition) is 5. The SMILES string of the molecule is Cc1nc(C2CCN(C(=O)CN3CCCC3)CC2)ncc1C(=O)Nc1ccccc1. The molecular formula is C23H29N5O2. The summed E-state index contributed by atoms with van der Waals surface area (Å²) in [5.41, 5.74) is 1.92. The third-order valence-electron chi connectivity index (χ3n) is 6.04. The molecule has 1 aromatic heterocycles. The number of nitrogens with one attached hydrogen (secondary N) is 1. The minimum absolute atomic E-state index is 0.201. The number of benzene rings is 1. The Morgan fingerprint density at radius 2 is 1.77 bits per heavy atom. The van der Waals surface area contributed by atoms with Gasteiger partial charge in [0.15, 0.2) is 0 Å². The number of likely N-dealkylation sites (tertiary alicyclic amines) is 2. The first kappa shape index (κ1) is 20.5. The molecular weight excluding hydrogens is 378 g/mol. The van der Waals surface area contributed by atoms with Gasteiger partial charge in [0.05, 0.1) is 17.8 Å². The van der Waals surface area contributed by atoms with Gasteiger partial charge >= 0.3 is 0 Å². The van der Waals surface area contributed by atoms with E-state index in [1.807, 2.05) is 42.2 Å². The van der Waals surface area contributed by atoms with Crippen LogP contribution in [0.1, 0.15) is 53.5 Å². The fourth-order valence-corrected chi connectivity index (χ4v) is 4.24. The Balaban J connectivity index is 1.33. The van der Waals surface area contributed by atoms with Gasteiger partial charge in [-0.05, 0) is 57.8 Å². The summed E-state index contributed by atoms with van der Waals surface area (Å²) < 4.78 is 0. The minimum Gasteiger partial charge on any atom is -0.342 e. The molecule has 7 heteroatoms. The number of rotatable bonds is 5. The fourth-order valence-electron chi connectivity index (χ4n) is 4.24. The lowest BCUT2D eigenvalue weighted by molar-refractivity contribution is -0.133. The summed E-state index contributed by atoms with van der Waals surface area (Å²) >= 11 is 0. The van der Waals surface area contributed by atoms with Crippen molar-refractivity contribution in [1.82, 2.24) is 19.8 Å². The zero-order chi connectivity index (χ0) is 20.9. The Bertz CT molecular complexity index is 888. The highest BCUT2D eigenvalue weighted by Gasteiger charge is 2.27. The quantitative estimate of drug-likeness (QED) is 0.825. The van der Waals surface area contributed by atoms with E-state index in [0.29, 0.717) is 17.8 Å². The van der Waals surface area contributed by atoms with Crippen LogP contribution in [0.4, 0.5) is 5.69 Å². The van der Waals surface area contributed by atoms with Crippen molar-refractivity contribution in [3.8, 4) is 0 Å². The number of hydrogen-bond donors (Lipinski definition) is 1. The van der Waals surface area contributed by atoms with Crippen LogP contribution in [0.5, 0.6) is 0 Å². The summed E-state index contributed by atoms with van der Waals surface area (Å²) in [6.07, 6.45) is 5.75. The summed E-state index contributed by atoms with van der Waals surface area (Å²) in [6.45, 7) is 5.97. The number of anilines is 1. The van der Waals surface area contributed by atoms with E-state index in [-0.39, 0.29) is 17.7 Å². The van der Waals surface area contributed by atoms with Crippen LogP contribution in [-0.2, 0) is 4.79 Å². The molecule has 2 saturated heterocycles. The first-order valence-electron chi connectivity index (χ1n) is 10.8. The van der Waals surface area contributed by atoms with E-state index in [0.717, 1.165) is 50.5 Å². The number of nitrogens with zero attached hydrogens (tertiary/aromatic N) is 4. The van der Waals surface area contributed by atoms with Crippen molar-refractivity contribution in [2.24, 2.45) is 0 Å². The summed E-state index contributed by atoms with van der Waals surface area (Å²) in [7, 11) is 0. The lowest BCUT2D eigenvalue weighted by Gasteiger charge is -2.32. The molecule has 0 spiro atoms. The van der Waals surface area contributed by atoms with E-state index >= 15 is 0 Å². The van der Waals surface area contributed by atoms with Crippen LogP contribution in [0, 0.1) is 6.92 Å². The molecule has 2 aromatic rings. The summed E-state index contributed by atoms with van der Waals surface area (Å²) in [5.74, 6) is 1.04. The predicted molar refractivity (Wildman–Crippen MR) is 115 cm³/mol. The van der Waals surface area contributed by atoms with Crippen LogP contribution in [-0.4, -0.2) is 64.3 Å². The zero-order valence-corrected chi connectivity index (χ0v) is 17.5. The highest BCUT2D eigenvalue weighted by Crippen LogP contribution is 2.26. The van der Waals surface area contributed by atoms with Crippen molar-refractivity contribution < 1.29 is 9.59 Å². The van der Waals surface area contributed by atoms with E-state index in [2.05, 4.69) is 20.2 Å².